The number of aryl methyl sites for hydroxylation is 1. The Kier molecular flexibility index (Phi) is 9.98. The first kappa shape index (κ1) is 25.9. The van der Waals surface area contributed by atoms with Crippen LogP contribution in [0.1, 0.15) is 51.8 Å². The van der Waals surface area contributed by atoms with E-state index in [4.69, 9.17) is 4.74 Å². The van der Waals surface area contributed by atoms with Gasteiger partial charge in [0.25, 0.3) is 0 Å². The molecule has 9 heteroatoms. The van der Waals surface area contributed by atoms with E-state index in [-0.39, 0.29) is 19.6 Å². The summed E-state index contributed by atoms with van der Waals surface area (Å²) in [5.74, 6) is -1.59. The van der Waals surface area contributed by atoms with Crippen molar-refractivity contribution in [2.75, 3.05) is 26.7 Å². The van der Waals surface area contributed by atoms with E-state index in [1.165, 1.54) is 12.0 Å². The first-order valence-electron chi connectivity index (χ1n) is 10.2. The largest absolute Gasteiger partial charge is 0.468 e. The molecule has 0 bridgehead atoms. The van der Waals surface area contributed by atoms with Crippen molar-refractivity contribution in [3.63, 3.8) is 0 Å². The molecule has 0 spiro atoms. The minimum Gasteiger partial charge on any atom is -0.468 e. The SMILES string of the molecule is CCc1ccc(C(C(=O)NCC(=O)OC)N(CC)C(=O)CNC(=O)OC(C)(C)C)cc1. The Hall–Kier alpha value is -3.10. The van der Waals surface area contributed by atoms with E-state index in [0.29, 0.717) is 5.56 Å². The van der Waals surface area contributed by atoms with Gasteiger partial charge in [-0.1, -0.05) is 31.2 Å². The lowest BCUT2D eigenvalue weighted by Gasteiger charge is -2.30. The van der Waals surface area contributed by atoms with Crippen molar-refractivity contribution >= 4 is 23.9 Å². The summed E-state index contributed by atoms with van der Waals surface area (Å²) in [6, 6.07) is 6.34. The fraction of sp³-hybridized carbons (Fsp3) is 0.545. The molecule has 1 unspecified atom stereocenters. The molecule has 0 aliphatic heterocycles. The van der Waals surface area contributed by atoms with E-state index in [2.05, 4.69) is 15.4 Å². The summed E-state index contributed by atoms with van der Waals surface area (Å²) in [5.41, 5.74) is 0.972. The van der Waals surface area contributed by atoms with Crippen LogP contribution in [-0.2, 0) is 30.3 Å². The molecule has 1 rings (SSSR count). The number of methoxy groups -OCH3 is 1. The summed E-state index contributed by atoms with van der Waals surface area (Å²) in [5, 5.41) is 4.93. The van der Waals surface area contributed by atoms with Crippen LogP contribution in [0, 0.1) is 0 Å². The van der Waals surface area contributed by atoms with Gasteiger partial charge in [-0.15, -0.1) is 0 Å². The molecule has 0 saturated heterocycles. The minimum atomic E-state index is -0.978. The lowest BCUT2D eigenvalue weighted by Crippen LogP contribution is -2.48. The van der Waals surface area contributed by atoms with Gasteiger partial charge >= 0.3 is 12.1 Å². The second kappa shape index (κ2) is 11.9. The number of likely N-dealkylation sites (N-methyl/N-ethyl adjacent to an activating group) is 1. The lowest BCUT2D eigenvalue weighted by molar-refractivity contribution is -0.143. The van der Waals surface area contributed by atoms with E-state index in [1.54, 1.807) is 39.8 Å². The second-order valence-electron chi connectivity index (χ2n) is 7.83. The van der Waals surface area contributed by atoms with E-state index < -0.39 is 35.5 Å². The molecule has 31 heavy (non-hydrogen) atoms. The average molecular weight is 436 g/mol. The Morgan fingerprint density at radius 1 is 1.00 bits per heavy atom. The molecule has 172 valence electrons. The lowest BCUT2D eigenvalue weighted by atomic mass is 10.0. The molecule has 0 fully saturated rings. The molecule has 0 saturated carbocycles. The van der Waals surface area contributed by atoms with Crippen LogP contribution in [0.25, 0.3) is 0 Å². The molecule has 1 atom stereocenters. The Morgan fingerprint density at radius 3 is 2.10 bits per heavy atom. The molecule has 1 aromatic carbocycles. The normalized spacial score (nSPS) is 11.8. The maximum absolute atomic E-state index is 12.9. The summed E-state index contributed by atoms with van der Waals surface area (Å²) in [6.07, 6.45) is 0.103. The molecular weight excluding hydrogens is 402 g/mol. The number of esters is 1. The molecule has 3 amide bonds. The van der Waals surface area contributed by atoms with Crippen LogP contribution in [0.15, 0.2) is 24.3 Å². The van der Waals surface area contributed by atoms with Crippen LogP contribution in [0.2, 0.25) is 0 Å². The van der Waals surface area contributed by atoms with Crippen molar-refractivity contribution in [1.82, 2.24) is 15.5 Å². The standard InChI is InChI=1S/C22H33N3O6/c1-7-15-9-11-16(12-10-15)19(20(28)23-14-18(27)30-6)25(8-2)17(26)13-24-21(29)31-22(3,4)5/h9-12,19H,7-8,13-14H2,1-6H3,(H,23,28)(H,24,29). The Balaban J connectivity index is 3.05. The van der Waals surface area contributed by atoms with Gasteiger partial charge in [-0.25, -0.2) is 4.79 Å². The molecule has 0 aliphatic rings. The van der Waals surface area contributed by atoms with Gasteiger partial charge in [0.15, 0.2) is 0 Å². The van der Waals surface area contributed by atoms with Gasteiger partial charge in [0.2, 0.25) is 11.8 Å². The third kappa shape index (κ3) is 8.65. The summed E-state index contributed by atoms with van der Waals surface area (Å²) < 4.78 is 9.71. The topological polar surface area (TPSA) is 114 Å². The zero-order valence-electron chi connectivity index (χ0n) is 19.1. The molecule has 0 aliphatic carbocycles. The first-order valence-corrected chi connectivity index (χ1v) is 10.2. The zero-order valence-corrected chi connectivity index (χ0v) is 19.1. The number of rotatable bonds is 9. The predicted molar refractivity (Wildman–Crippen MR) is 115 cm³/mol. The maximum atomic E-state index is 12.9. The van der Waals surface area contributed by atoms with E-state index >= 15 is 0 Å². The van der Waals surface area contributed by atoms with Crippen LogP contribution in [0.3, 0.4) is 0 Å². The minimum absolute atomic E-state index is 0.209. The predicted octanol–water partition coefficient (Wildman–Crippen LogP) is 1.95. The van der Waals surface area contributed by atoms with Gasteiger partial charge < -0.3 is 25.0 Å². The van der Waals surface area contributed by atoms with Crippen molar-refractivity contribution in [2.45, 2.75) is 52.7 Å². The Bertz CT molecular complexity index is 770. The number of nitrogens with one attached hydrogen (secondary N) is 2. The zero-order chi connectivity index (χ0) is 23.6. The fourth-order valence-electron chi connectivity index (χ4n) is 2.80. The number of nitrogens with zero attached hydrogens (tertiary/aromatic N) is 1. The van der Waals surface area contributed by atoms with Gasteiger partial charge in [-0.05, 0) is 45.2 Å². The van der Waals surface area contributed by atoms with Crippen molar-refractivity contribution < 1.29 is 28.7 Å². The Morgan fingerprint density at radius 2 is 1.61 bits per heavy atom. The molecule has 2 N–H and O–H groups in total. The molecule has 0 aromatic heterocycles. The van der Waals surface area contributed by atoms with E-state index in [0.717, 1.165) is 12.0 Å². The smallest absolute Gasteiger partial charge is 0.408 e. The summed E-state index contributed by atoms with van der Waals surface area (Å²) >= 11 is 0. The maximum Gasteiger partial charge on any atom is 0.408 e. The number of carbonyl (C=O) groups excluding carboxylic acids is 4. The Labute approximate surface area is 183 Å². The van der Waals surface area contributed by atoms with Gasteiger partial charge in [-0.2, -0.15) is 0 Å². The summed E-state index contributed by atoms with van der Waals surface area (Å²) in [7, 11) is 1.22. The highest BCUT2D eigenvalue weighted by atomic mass is 16.6. The third-order valence-electron chi connectivity index (χ3n) is 4.34. The number of carbonyl (C=O) groups is 4. The van der Waals surface area contributed by atoms with Crippen molar-refractivity contribution in [3.8, 4) is 0 Å². The molecule has 9 nitrogen and oxygen atoms in total. The monoisotopic (exact) mass is 435 g/mol. The van der Waals surface area contributed by atoms with Crippen LogP contribution < -0.4 is 10.6 Å². The van der Waals surface area contributed by atoms with Crippen LogP contribution in [-0.4, -0.2) is 61.1 Å². The number of alkyl carbamates (subject to hydrolysis) is 1. The van der Waals surface area contributed by atoms with E-state index in [9.17, 15) is 19.2 Å². The quantitative estimate of drug-likeness (QED) is 0.573. The van der Waals surface area contributed by atoms with E-state index in [1.807, 2.05) is 19.1 Å². The van der Waals surface area contributed by atoms with Crippen molar-refractivity contribution in [3.05, 3.63) is 35.4 Å². The summed E-state index contributed by atoms with van der Waals surface area (Å²) in [4.78, 5) is 50.5. The van der Waals surface area contributed by atoms with Crippen molar-refractivity contribution in [1.29, 1.82) is 0 Å². The molecule has 0 heterocycles. The average Bonchev–Trinajstić information content (AvgIpc) is 2.72. The molecular formula is C22H33N3O6. The number of amides is 3. The van der Waals surface area contributed by atoms with Gasteiger partial charge in [0.05, 0.1) is 7.11 Å². The van der Waals surface area contributed by atoms with Crippen LogP contribution >= 0.6 is 0 Å². The number of hydrogen-bond donors (Lipinski definition) is 2. The van der Waals surface area contributed by atoms with Crippen molar-refractivity contribution in [2.24, 2.45) is 0 Å². The molecule has 0 radical (unpaired) electrons. The van der Waals surface area contributed by atoms with Crippen LogP contribution in [0.4, 0.5) is 4.79 Å². The van der Waals surface area contributed by atoms with Crippen LogP contribution in [0.5, 0.6) is 0 Å². The number of benzene rings is 1. The number of hydrogen-bond acceptors (Lipinski definition) is 6. The number of ether oxygens (including phenoxy) is 2. The first-order chi connectivity index (χ1) is 14.5. The highest BCUT2D eigenvalue weighted by molar-refractivity contribution is 5.91. The summed E-state index contributed by atoms with van der Waals surface area (Å²) in [6.45, 7) is 8.45. The third-order valence-corrected chi connectivity index (χ3v) is 4.34. The second-order valence-corrected chi connectivity index (χ2v) is 7.83. The highest BCUT2D eigenvalue weighted by Crippen LogP contribution is 2.22. The van der Waals surface area contributed by atoms with Gasteiger partial charge in [0, 0.05) is 6.54 Å². The molecule has 1 aromatic rings. The fourth-order valence-corrected chi connectivity index (χ4v) is 2.80. The van der Waals surface area contributed by atoms with Gasteiger partial charge in [0.1, 0.15) is 24.7 Å². The highest BCUT2D eigenvalue weighted by Gasteiger charge is 2.31. The van der Waals surface area contributed by atoms with Gasteiger partial charge in [-0.3, -0.25) is 14.4 Å².